The van der Waals surface area contributed by atoms with Crippen LogP contribution in [0.5, 0.6) is 0 Å². The van der Waals surface area contributed by atoms with Gasteiger partial charge in [0.05, 0.1) is 5.75 Å². The molecule has 2 heterocycles. The monoisotopic (exact) mass is 301 g/mol. The molecule has 3 fully saturated rings. The molecule has 1 saturated carbocycles. The van der Waals surface area contributed by atoms with Crippen LogP contribution in [0.3, 0.4) is 0 Å². The van der Waals surface area contributed by atoms with Crippen molar-refractivity contribution < 1.29 is 8.42 Å². The fraction of sp³-hybridized carbons (Fsp3) is 1.00. The third kappa shape index (κ3) is 3.72. The summed E-state index contributed by atoms with van der Waals surface area (Å²) in [6.45, 7) is 4.50. The molecule has 0 aromatic heterocycles. The molecular weight excluding hydrogens is 274 g/mol. The van der Waals surface area contributed by atoms with Crippen molar-refractivity contribution in [3.8, 4) is 0 Å². The number of rotatable bonds is 6. The van der Waals surface area contributed by atoms with Crippen LogP contribution in [-0.2, 0) is 10.0 Å². The minimum Gasteiger partial charge on any atom is -0.314 e. The van der Waals surface area contributed by atoms with Gasteiger partial charge in [-0.25, -0.2) is 12.7 Å². The first kappa shape index (κ1) is 14.8. The highest BCUT2D eigenvalue weighted by atomic mass is 32.2. The molecular formula is C14H27N3O2S. The lowest BCUT2D eigenvalue weighted by Gasteiger charge is -2.25. The molecule has 1 N–H and O–H groups in total. The molecule has 1 unspecified atom stereocenters. The Hall–Kier alpha value is -0.170. The van der Waals surface area contributed by atoms with E-state index in [0.29, 0.717) is 24.4 Å². The Morgan fingerprint density at radius 3 is 2.65 bits per heavy atom. The van der Waals surface area contributed by atoms with Gasteiger partial charge in [0.25, 0.3) is 0 Å². The number of nitrogens with one attached hydrogen (secondary N) is 1. The molecule has 1 aliphatic carbocycles. The van der Waals surface area contributed by atoms with Gasteiger partial charge in [-0.3, -0.25) is 4.90 Å². The van der Waals surface area contributed by atoms with Crippen molar-refractivity contribution in [1.29, 1.82) is 0 Å². The molecule has 0 radical (unpaired) electrons. The van der Waals surface area contributed by atoms with Crippen LogP contribution in [0.15, 0.2) is 0 Å². The predicted octanol–water partition coefficient (Wildman–Crippen LogP) is 0.628. The maximum absolute atomic E-state index is 12.5. The summed E-state index contributed by atoms with van der Waals surface area (Å²) in [7, 11) is -3.06. The molecule has 2 saturated heterocycles. The number of nitrogens with zero attached hydrogens (tertiary/aromatic N) is 2. The number of hydrogen-bond acceptors (Lipinski definition) is 4. The summed E-state index contributed by atoms with van der Waals surface area (Å²) in [6, 6.07) is 1.14. The van der Waals surface area contributed by atoms with Crippen molar-refractivity contribution in [2.45, 2.75) is 50.6 Å². The SMILES string of the molecule is O=S(=O)(CCCNC1CC1)N1CCCN2CCCC2C1. The average molecular weight is 301 g/mol. The fourth-order valence-corrected chi connectivity index (χ4v) is 4.98. The zero-order valence-corrected chi connectivity index (χ0v) is 13.1. The molecule has 6 heteroatoms. The van der Waals surface area contributed by atoms with Crippen LogP contribution in [0.2, 0.25) is 0 Å². The van der Waals surface area contributed by atoms with E-state index in [1.165, 1.54) is 19.3 Å². The fourth-order valence-electron chi connectivity index (χ4n) is 3.40. The molecule has 0 aromatic carbocycles. The standard InChI is InChI=1S/C14H27N3O2S/c18-20(19,11-2-7-15-13-5-6-13)17-10-3-9-16-8-1-4-14(16)12-17/h13-15H,1-12H2. The summed E-state index contributed by atoms with van der Waals surface area (Å²) < 4.78 is 26.7. The Bertz CT molecular complexity index is 422. The zero-order chi connectivity index (χ0) is 14.0. The van der Waals surface area contributed by atoms with Crippen LogP contribution >= 0.6 is 0 Å². The molecule has 0 aromatic rings. The highest BCUT2D eigenvalue weighted by Gasteiger charge is 2.33. The highest BCUT2D eigenvalue weighted by molar-refractivity contribution is 7.89. The summed E-state index contributed by atoms with van der Waals surface area (Å²) in [4.78, 5) is 2.48. The van der Waals surface area contributed by atoms with Gasteiger partial charge in [0, 0.05) is 25.2 Å². The first-order valence-electron chi connectivity index (χ1n) is 8.10. The van der Waals surface area contributed by atoms with Crippen molar-refractivity contribution >= 4 is 10.0 Å². The van der Waals surface area contributed by atoms with Gasteiger partial charge >= 0.3 is 0 Å². The summed E-state index contributed by atoms with van der Waals surface area (Å²) in [6.07, 6.45) is 6.63. The molecule has 1 atom stereocenters. The van der Waals surface area contributed by atoms with E-state index in [4.69, 9.17) is 0 Å². The quantitative estimate of drug-likeness (QED) is 0.731. The Balaban J connectivity index is 1.49. The maximum Gasteiger partial charge on any atom is 0.214 e. The van der Waals surface area contributed by atoms with Gasteiger partial charge in [-0.05, 0) is 58.2 Å². The zero-order valence-electron chi connectivity index (χ0n) is 12.3. The molecule has 0 amide bonds. The van der Waals surface area contributed by atoms with Crippen molar-refractivity contribution in [1.82, 2.24) is 14.5 Å². The van der Waals surface area contributed by atoms with E-state index >= 15 is 0 Å². The number of hydrogen-bond donors (Lipinski definition) is 1. The third-order valence-corrected chi connectivity index (χ3v) is 6.67. The Labute approximate surface area is 122 Å². The Morgan fingerprint density at radius 2 is 1.85 bits per heavy atom. The lowest BCUT2D eigenvalue weighted by atomic mass is 10.2. The molecule has 116 valence electrons. The summed E-state index contributed by atoms with van der Waals surface area (Å²) in [5.74, 6) is 0.305. The van der Waals surface area contributed by atoms with Crippen molar-refractivity contribution in [3.05, 3.63) is 0 Å². The van der Waals surface area contributed by atoms with E-state index in [-0.39, 0.29) is 0 Å². The average Bonchev–Trinajstić information content (AvgIpc) is 3.18. The van der Waals surface area contributed by atoms with Crippen molar-refractivity contribution in [2.75, 3.05) is 38.5 Å². The molecule has 0 bridgehead atoms. The molecule has 0 spiro atoms. The molecule has 2 aliphatic heterocycles. The van der Waals surface area contributed by atoms with E-state index in [9.17, 15) is 8.42 Å². The van der Waals surface area contributed by atoms with Crippen LogP contribution in [-0.4, -0.2) is 68.2 Å². The van der Waals surface area contributed by atoms with Crippen LogP contribution in [0, 0.1) is 0 Å². The Kier molecular flexibility index (Phi) is 4.65. The largest absolute Gasteiger partial charge is 0.314 e. The predicted molar refractivity (Wildman–Crippen MR) is 80.2 cm³/mol. The van der Waals surface area contributed by atoms with Gasteiger partial charge in [0.2, 0.25) is 10.0 Å². The van der Waals surface area contributed by atoms with Crippen LogP contribution in [0.1, 0.15) is 38.5 Å². The minimum atomic E-state index is -3.06. The molecule has 5 nitrogen and oxygen atoms in total. The normalized spacial score (nSPS) is 29.3. The van der Waals surface area contributed by atoms with E-state index in [1.54, 1.807) is 4.31 Å². The summed E-state index contributed by atoms with van der Waals surface area (Å²) >= 11 is 0. The Morgan fingerprint density at radius 1 is 1.05 bits per heavy atom. The topological polar surface area (TPSA) is 52.7 Å². The first-order chi connectivity index (χ1) is 9.65. The smallest absolute Gasteiger partial charge is 0.214 e. The lowest BCUT2D eigenvalue weighted by Crippen LogP contribution is -2.41. The van der Waals surface area contributed by atoms with Gasteiger partial charge in [0.1, 0.15) is 0 Å². The molecule has 3 rings (SSSR count). The van der Waals surface area contributed by atoms with Crippen LogP contribution in [0.25, 0.3) is 0 Å². The summed E-state index contributed by atoms with van der Waals surface area (Å²) in [5.41, 5.74) is 0. The molecule has 20 heavy (non-hydrogen) atoms. The molecule has 3 aliphatic rings. The van der Waals surface area contributed by atoms with Gasteiger partial charge in [-0.15, -0.1) is 0 Å². The van der Waals surface area contributed by atoms with E-state index < -0.39 is 10.0 Å². The van der Waals surface area contributed by atoms with E-state index in [1.807, 2.05) is 0 Å². The maximum atomic E-state index is 12.5. The van der Waals surface area contributed by atoms with Crippen LogP contribution in [0.4, 0.5) is 0 Å². The second-order valence-corrected chi connectivity index (χ2v) is 8.53. The van der Waals surface area contributed by atoms with Gasteiger partial charge in [-0.2, -0.15) is 0 Å². The second-order valence-electron chi connectivity index (χ2n) is 6.44. The van der Waals surface area contributed by atoms with Crippen LogP contribution < -0.4 is 5.32 Å². The summed E-state index contributed by atoms with van der Waals surface area (Å²) in [5, 5.41) is 3.39. The van der Waals surface area contributed by atoms with E-state index in [2.05, 4.69) is 10.2 Å². The number of fused-ring (bicyclic) bond motifs is 1. The lowest BCUT2D eigenvalue weighted by molar-refractivity contribution is 0.257. The first-order valence-corrected chi connectivity index (χ1v) is 9.71. The highest BCUT2D eigenvalue weighted by Crippen LogP contribution is 2.23. The van der Waals surface area contributed by atoms with Gasteiger partial charge < -0.3 is 5.32 Å². The van der Waals surface area contributed by atoms with Crippen molar-refractivity contribution in [3.63, 3.8) is 0 Å². The third-order valence-electron chi connectivity index (χ3n) is 4.75. The van der Waals surface area contributed by atoms with E-state index in [0.717, 1.165) is 45.4 Å². The van der Waals surface area contributed by atoms with Gasteiger partial charge in [-0.1, -0.05) is 0 Å². The van der Waals surface area contributed by atoms with Crippen molar-refractivity contribution in [2.24, 2.45) is 0 Å². The number of sulfonamides is 1. The minimum absolute atomic E-state index is 0.305. The second kappa shape index (κ2) is 6.30. The van der Waals surface area contributed by atoms with Gasteiger partial charge in [0.15, 0.2) is 0 Å².